The first-order valence-electron chi connectivity index (χ1n) is 8.53. The molecule has 29 heavy (non-hydrogen) atoms. The van der Waals surface area contributed by atoms with E-state index in [0.717, 1.165) is 10.0 Å². The van der Waals surface area contributed by atoms with Crippen LogP contribution in [0.3, 0.4) is 0 Å². The second kappa shape index (κ2) is 7.31. The van der Waals surface area contributed by atoms with Crippen molar-refractivity contribution in [1.82, 2.24) is 10.0 Å². The van der Waals surface area contributed by atoms with Crippen LogP contribution in [-0.2, 0) is 19.2 Å². The van der Waals surface area contributed by atoms with Crippen molar-refractivity contribution >= 4 is 35.0 Å². The summed E-state index contributed by atoms with van der Waals surface area (Å²) in [5, 5.41) is 1.82. The van der Waals surface area contributed by atoms with E-state index in [4.69, 9.17) is 4.74 Å². The first-order chi connectivity index (χ1) is 14.0. The molecule has 144 valence electrons. The summed E-state index contributed by atoms with van der Waals surface area (Å²) in [5.41, 5.74) is 6.55. The number of ether oxygens (including phenoxy) is 1. The standard InChI is InChI=1S/C20H14N4O5/c25-17-9-10-18(26)23(17)21-13-1-5-15(6-2-13)29-16-7-3-14(4-8-16)22-24-19(27)11-12-20(24)28/h1-12,21-22H. The molecule has 4 rings (SSSR count). The molecule has 0 atom stereocenters. The van der Waals surface area contributed by atoms with Gasteiger partial charge in [-0.15, -0.1) is 0 Å². The highest BCUT2D eigenvalue weighted by atomic mass is 16.5. The quantitative estimate of drug-likeness (QED) is 0.726. The average Bonchev–Trinajstić information content (AvgIpc) is 3.21. The van der Waals surface area contributed by atoms with Crippen LogP contribution in [0.2, 0.25) is 0 Å². The van der Waals surface area contributed by atoms with Crippen LogP contribution in [0.25, 0.3) is 0 Å². The fourth-order valence-corrected chi connectivity index (χ4v) is 2.61. The SMILES string of the molecule is O=C1C=CC(=O)N1Nc1ccc(Oc2ccc(NN3C(=O)C=CC3=O)cc2)cc1. The van der Waals surface area contributed by atoms with Gasteiger partial charge in [-0.2, -0.15) is 10.0 Å². The van der Waals surface area contributed by atoms with Gasteiger partial charge in [-0.25, -0.2) is 0 Å². The molecular weight excluding hydrogens is 376 g/mol. The minimum absolute atomic E-state index is 0.433. The van der Waals surface area contributed by atoms with Crippen molar-refractivity contribution in [3.63, 3.8) is 0 Å². The Morgan fingerprint density at radius 2 is 0.828 bits per heavy atom. The predicted molar refractivity (Wildman–Crippen MR) is 102 cm³/mol. The lowest BCUT2D eigenvalue weighted by molar-refractivity contribution is -0.136. The Balaban J connectivity index is 1.35. The number of nitrogens with zero attached hydrogens (tertiary/aromatic N) is 2. The Hall–Kier alpha value is -4.40. The Kier molecular flexibility index (Phi) is 4.54. The van der Waals surface area contributed by atoms with Crippen molar-refractivity contribution in [2.24, 2.45) is 0 Å². The maximum absolute atomic E-state index is 11.6. The highest BCUT2D eigenvalue weighted by Crippen LogP contribution is 2.25. The van der Waals surface area contributed by atoms with Gasteiger partial charge in [-0.3, -0.25) is 30.0 Å². The molecule has 0 saturated carbocycles. The van der Waals surface area contributed by atoms with Crippen molar-refractivity contribution in [3.8, 4) is 11.5 Å². The number of hydrogen-bond acceptors (Lipinski definition) is 7. The third kappa shape index (κ3) is 3.83. The van der Waals surface area contributed by atoms with E-state index < -0.39 is 23.6 Å². The smallest absolute Gasteiger partial charge is 0.272 e. The van der Waals surface area contributed by atoms with Gasteiger partial charge in [0, 0.05) is 24.3 Å². The number of imide groups is 2. The minimum atomic E-state index is -0.433. The molecule has 2 heterocycles. The molecule has 0 spiro atoms. The molecular formula is C20H14N4O5. The number of nitrogens with one attached hydrogen (secondary N) is 2. The molecule has 0 aliphatic carbocycles. The summed E-state index contributed by atoms with van der Waals surface area (Å²) >= 11 is 0. The third-order valence-corrected chi connectivity index (χ3v) is 4.04. The molecule has 2 aromatic rings. The van der Waals surface area contributed by atoms with Gasteiger partial charge in [0.1, 0.15) is 11.5 Å². The maximum Gasteiger partial charge on any atom is 0.272 e. The van der Waals surface area contributed by atoms with Crippen molar-refractivity contribution in [1.29, 1.82) is 0 Å². The third-order valence-electron chi connectivity index (χ3n) is 4.04. The fraction of sp³-hybridized carbons (Fsp3) is 0. The van der Waals surface area contributed by atoms with Crippen LogP contribution < -0.4 is 15.6 Å². The fourth-order valence-electron chi connectivity index (χ4n) is 2.61. The molecule has 2 aliphatic rings. The minimum Gasteiger partial charge on any atom is -0.457 e. The summed E-state index contributed by atoms with van der Waals surface area (Å²) in [5.74, 6) is -0.645. The molecule has 2 N–H and O–H groups in total. The Bertz CT molecular complexity index is 936. The normalized spacial score (nSPS) is 15.4. The van der Waals surface area contributed by atoms with Crippen LogP contribution in [-0.4, -0.2) is 33.6 Å². The van der Waals surface area contributed by atoms with Gasteiger partial charge in [0.15, 0.2) is 0 Å². The van der Waals surface area contributed by atoms with Crippen molar-refractivity contribution in [2.45, 2.75) is 0 Å². The molecule has 0 saturated heterocycles. The van der Waals surface area contributed by atoms with Crippen molar-refractivity contribution < 1.29 is 23.9 Å². The highest BCUT2D eigenvalue weighted by Gasteiger charge is 2.24. The Morgan fingerprint density at radius 3 is 1.14 bits per heavy atom. The lowest BCUT2D eigenvalue weighted by atomic mass is 10.3. The summed E-state index contributed by atoms with van der Waals surface area (Å²) in [7, 11) is 0. The van der Waals surface area contributed by atoms with E-state index in [1.165, 1.54) is 24.3 Å². The zero-order valence-corrected chi connectivity index (χ0v) is 14.9. The van der Waals surface area contributed by atoms with E-state index >= 15 is 0 Å². The van der Waals surface area contributed by atoms with E-state index in [0.29, 0.717) is 22.9 Å². The first-order valence-corrected chi connectivity index (χ1v) is 8.53. The molecule has 9 nitrogen and oxygen atoms in total. The second-order valence-corrected chi connectivity index (χ2v) is 6.06. The number of anilines is 2. The summed E-state index contributed by atoms with van der Waals surface area (Å²) in [6.45, 7) is 0. The summed E-state index contributed by atoms with van der Waals surface area (Å²) in [4.78, 5) is 46.2. The molecule has 4 amide bonds. The van der Waals surface area contributed by atoms with Crippen LogP contribution in [0.1, 0.15) is 0 Å². The number of rotatable bonds is 6. The molecule has 2 aromatic carbocycles. The molecule has 0 bridgehead atoms. The first kappa shape index (κ1) is 18.0. The second-order valence-electron chi connectivity index (χ2n) is 6.06. The van der Waals surface area contributed by atoms with E-state index in [1.807, 2.05) is 0 Å². The topological polar surface area (TPSA) is 108 Å². The van der Waals surface area contributed by atoms with E-state index in [2.05, 4.69) is 10.9 Å². The molecule has 9 heteroatoms. The molecule has 0 radical (unpaired) electrons. The molecule has 0 aromatic heterocycles. The van der Waals surface area contributed by atoms with Gasteiger partial charge in [-0.1, -0.05) is 0 Å². The summed E-state index contributed by atoms with van der Waals surface area (Å²) in [6.07, 6.45) is 4.77. The van der Waals surface area contributed by atoms with Crippen LogP contribution in [0.5, 0.6) is 11.5 Å². The number of benzene rings is 2. The lowest BCUT2D eigenvalue weighted by Crippen LogP contribution is -2.35. The monoisotopic (exact) mass is 390 g/mol. The highest BCUT2D eigenvalue weighted by molar-refractivity contribution is 6.14. The lowest BCUT2D eigenvalue weighted by Gasteiger charge is -2.17. The van der Waals surface area contributed by atoms with Gasteiger partial charge < -0.3 is 4.74 Å². The van der Waals surface area contributed by atoms with Crippen LogP contribution >= 0.6 is 0 Å². The largest absolute Gasteiger partial charge is 0.457 e. The van der Waals surface area contributed by atoms with Crippen LogP contribution in [0.15, 0.2) is 72.8 Å². The van der Waals surface area contributed by atoms with Crippen LogP contribution in [0.4, 0.5) is 11.4 Å². The zero-order valence-electron chi connectivity index (χ0n) is 14.9. The van der Waals surface area contributed by atoms with E-state index in [1.54, 1.807) is 48.5 Å². The Morgan fingerprint density at radius 1 is 0.517 bits per heavy atom. The number of carbonyl (C=O) groups is 4. The van der Waals surface area contributed by atoms with Crippen molar-refractivity contribution in [3.05, 3.63) is 72.8 Å². The van der Waals surface area contributed by atoms with E-state index in [9.17, 15) is 19.2 Å². The van der Waals surface area contributed by atoms with E-state index in [-0.39, 0.29) is 0 Å². The predicted octanol–water partition coefficient (Wildman–Crippen LogP) is 1.98. The number of amides is 4. The summed E-state index contributed by atoms with van der Waals surface area (Å²) < 4.78 is 5.74. The Labute approximate surface area is 164 Å². The summed E-state index contributed by atoms with van der Waals surface area (Å²) in [6, 6.07) is 13.4. The number of hydrogen-bond donors (Lipinski definition) is 2. The number of carbonyl (C=O) groups excluding carboxylic acids is 4. The van der Waals surface area contributed by atoms with Gasteiger partial charge in [0.05, 0.1) is 11.4 Å². The number of hydrazine groups is 2. The van der Waals surface area contributed by atoms with Gasteiger partial charge in [0.2, 0.25) is 0 Å². The maximum atomic E-state index is 11.6. The zero-order chi connectivity index (χ0) is 20.4. The molecule has 0 fully saturated rings. The molecule has 0 unspecified atom stereocenters. The van der Waals surface area contributed by atoms with Gasteiger partial charge >= 0.3 is 0 Å². The average molecular weight is 390 g/mol. The van der Waals surface area contributed by atoms with Crippen molar-refractivity contribution in [2.75, 3.05) is 10.9 Å². The van der Waals surface area contributed by atoms with Crippen LogP contribution in [0, 0.1) is 0 Å². The molecule has 2 aliphatic heterocycles. The van der Waals surface area contributed by atoms with Gasteiger partial charge in [0.25, 0.3) is 23.6 Å². The van der Waals surface area contributed by atoms with Gasteiger partial charge in [-0.05, 0) is 48.5 Å².